The SMILES string of the molecule is COc1ccccc1NC(=O)N(C)C[C@H]1OCc2cn(nn2)CCCC(=O)N([C@H](C)CO)C[C@@H]1C. The Morgan fingerprint density at radius 3 is 2.91 bits per heavy atom. The Morgan fingerprint density at radius 1 is 1.40 bits per heavy atom. The lowest BCUT2D eigenvalue weighted by Gasteiger charge is -2.35. The highest BCUT2D eigenvalue weighted by atomic mass is 16.5. The quantitative estimate of drug-likeness (QED) is 0.637. The topological polar surface area (TPSA) is 122 Å². The molecule has 11 nitrogen and oxygen atoms in total. The Hall–Kier alpha value is -3.18. The summed E-state index contributed by atoms with van der Waals surface area (Å²) < 4.78 is 13.2. The molecule has 1 aliphatic rings. The van der Waals surface area contributed by atoms with Gasteiger partial charge in [0.15, 0.2) is 0 Å². The third-order valence-corrected chi connectivity index (χ3v) is 6.19. The van der Waals surface area contributed by atoms with Crippen LogP contribution in [0.4, 0.5) is 10.5 Å². The van der Waals surface area contributed by atoms with Crippen LogP contribution in [0.1, 0.15) is 32.4 Å². The Morgan fingerprint density at radius 2 is 2.17 bits per heavy atom. The average molecular weight is 489 g/mol. The van der Waals surface area contributed by atoms with Crippen molar-refractivity contribution in [3.63, 3.8) is 0 Å². The Bertz CT molecular complexity index is 983. The van der Waals surface area contributed by atoms with Crippen LogP contribution in [0.25, 0.3) is 0 Å². The van der Waals surface area contributed by atoms with Crippen LogP contribution in [0.5, 0.6) is 5.75 Å². The number of carbonyl (C=O) groups excluding carboxylic acids is 2. The van der Waals surface area contributed by atoms with Crippen molar-refractivity contribution >= 4 is 17.6 Å². The molecule has 11 heteroatoms. The van der Waals surface area contributed by atoms with E-state index in [1.54, 1.807) is 40.8 Å². The average Bonchev–Trinajstić information content (AvgIpc) is 3.31. The molecule has 0 saturated heterocycles. The zero-order valence-corrected chi connectivity index (χ0v) is 20.9. The first kappa shape index (κ1) is 26.4. The van der Waals surface area contributed by atoms with Gasteiger partial charge in [-0.25, -0.2) is 4.79 Å². The summed E-state index contributed by atoms with van der Waals surface area (Å²) >= 11 is 0. The van der Waals surface area contributed by atoms with Gasteiger partial charge < -0.3 is 29.7 Å². The number of benzene rings is 1. The maximum Gasteiger partial charge on any atom is 0.321 e. The minimum Gasteiger partial charge on any atom is -0.495 e. The number of hydrogen-bond acceptors (Lipinski definition) is 7. The molecule has 2 heterocycles. The van der Waals surface area contributed by atoms with E-state index in [9.17, 15) is 14.7 Å². The minimum absolute atomic E-state index is 0.0287. The van der Waals surface area contributed by atoms with E-state index >= 15 is 0 Å². The Labute approximate surface area is 206 Å². The van der Waals surface area contributed by atoms with E-state index in [2.05, 4.69) is 15.6 Å². The molecule has 3 rings (SSSR count). The summed E-state index contributed by atoms with van der Waals surface area (Å²) in [5, 5.41) is 20.9. The normalized spacial score (nSPS) is 20.3. The second kappa shape index (κ2) is 12.5. The van der Waals surface area contributed by atoms with Crippen LogP contribution >= 0.6 is 0 Å². The van der Waals surface area contributed by atoms with Gasteiger partial charge in [-0.05, 0) is 25.5 Å². The van der Waals surface area contributed by atoms with Crippen LogP contribution in [0.15, 0.2) is 30.5 Å². The molecule has 0 saturated carbocycles. The zero-order valence-electron chi connectivity index (χ0n) is 20.9. The van der Waals surface area contributed by atoms with Gasteiger partial charge >= 0.3 is 6.03 Å². The number of aryl methyl sites for hydroxylation is 1. The predicted octanol–water partition coefficient (Wildman–Crippen LogP) is 1.98. The van der Waals surface area contributed by atoms with Gasteiger partial charge in [0.05, 0.1) is 44.4 Å². The van der Waals surface area contributed by atoms with Gasteiger partial charge in [0, 0.05) is 39.0 Å². The van der Waals surface area contributed by atoms with Gasteiger partial charge in [0.2, 0.25) is 5.91 Å². The number of likely N-dealkylation sites (N-methyl/N-ethyl adjacent to an activating group) is 1. The molecule has 0 spiro atoms. The lowest BCUT2D eigenvalue weighted by Crippen LogP contribution is -2.48. The van der Waals surface area contributed by atoms with Crippen LogP contribution in [0.2, 0.25) is 0 Å². The van der Waals surface area contributed by atoms with Crippen LogP contribution in [-0.2, 0) is 22.7 Å². The van der Waals surface area contributed by atoms with Crippen molar-refractivity contribution < 1.29 is 24.2 Å². The van der Waals surface area contributed by atoms with E-state index in [4.69, 9.17) is 9.47 Å². The van der Waals surface area contributed by atoms with Crippen LogP contribution in [0.3, 0.4) is 0 Å². The fraction of sp³-hybridized carbons (Fsp3) is 0.583. The second-order valence-electron chi connectivity index (χ2n) is 8.99. The van der Waals surface area contributed by atoms with E-state index < -0.39 is 6.10 Å². The lowest BCUT2D eigenvalue weighted by molar-refractivity contribution is -0.136. The Balaban J connectivity index is 1.76. The van der Waals surface area contributed by atoms with Crippen molar-refractivity contribution in [3.8, 4) is 5.75 Å². The molecule has 192 valence electrons. The number of methoxy groups -OCH3 is 1. The molecule has 2 aromatic rings. The van der Waals surface area contributed by atoms with Crippen molar-refractivity contribution in [1.82, 2.24) is 24.8 Å². The zero-order chi connectivity index (χ0) is 25.4. The predicted molar refractivity (Wildman–Crippen MR) is 130 cm³/mol. The number of rotatable bonds is 6. The molecular weight excluding hydrogens is 452 g/mol. The van der Waals surface area contributed by atoms with E-state index in [0.29, 0.717) is 43.1 Å². The van der Waals surface area contributed by atoms with Gasteiger partial charge in [-0.15, -0.1) is 5.10 Å². The highest BCUT2D eigenvalue weighted by Gasteiger charge is 2.29. The lowest BCUT2D eigenvalue weighted by atomic mass is 10.0. The van der Waals surface area contributed by atoms with E-state index in [1.165, 1.54) is 0 Å². The standard InChI is InChI=1S/C24H36N6O5/c1-17-12-30(18(2)15-31)23(32)10-7-11-29-13-19(26-27-29)16-35-22(17)14-28(3)24(33)25-20-8-5-6-9-21(20)34-4/h5-6,8-9,13,17-18,22,31H,7,10-12,14-16H2,1-4H3,(H,25,33)/t17-,18+,22+/m0/s1. The summed E-state index contributed by atoms with van der Waals surface area (Å²) in [4.78, 5) is 29.2. The molecule has 0 fully saturated rings. The second-order valence-corrected chi connectivity index (χ2v) is 8.99. The molecule has 0 aliphatic carbocycles. The first-order valence-electron chi connectivity index (χ1n) is 11.9. The third-order valence-electron chi connectivity index (χ3n) is 6.19. The van der Waals surface area contributed by atoms with Gasteiger partial charge in [0.1, 0.15) is 11.4 Å². The number of aromatic nitrogens is 3. The van der Waals surface area contributed by atoms with Crippen LogP contribution in [0, 0.1) is 5.92 Å². The summed E-state index contributed by atoms with van der Waals surface area (Å²) in [7, 11) is 3.24. The number of aliphatic hydroxyl groups is 1. The van der Waals surface area contributed by atoms with Crippen molar-refractivity contribution in [2.75, 3.05) is 39.2 Å². The van der Waals surface area contributed by atoms with Crippen molar-refractivity contribution in [2.45, 2.75) is 52.0 Å². The third kappa shape index (κ3) is 7.15. The van der Waals surface area contributed by atoms with Crippen LogP contribution < -0.4 is 10.1 Å². The fourth-order valence-electron chi connectivity index (χ4n) is 4.00. The molecule has 2 bridgehead atoms. The summed E-state index contributed by atoms with van der Waals surface area (Å²) in [5.41, 5.74) is 1.26. The number of nitrogens with zero attached hydrogens (tertiary/aromatic N) is 5. The van der Waals surface area contributed by atoms with E-state index in [1.807, 2.05) is 32.2 Å². The minimum atomic E-state index is -0.393. The fourth-order valence-corrected chi connectivity index (χ4v) is 4.00. The number of hydrogen-bond donors (Lipinski definition) is 2. The van der Waals surface area contributed by atoms with Crippen molar-refractivity contribution in [3.05, 3.63) is 36.2 Å². The number of anilines is 1. The van der Waals surface area contributed by atoms with Gasteiger partial charge in [-0.3, -0.25) is 9.48 Å². The molecule has 1 aliphatic heterocycles. The summed E-state index contributed by atoms with van der Waals surface area (Å²) in [5.74, 6) is 0.417. The number of urea groups is 1. The number of nitrogens with one attached hydrogen (secondary N) is 1. The summed E-state index contributed by atoms with van der Waals surface area (Å²) in [6, 6.07) is 6.57. The molecule has 0 radical (unpaired) electrons. The van der Waals surface area contributed by atoms with Gasteiger partial charge in [-0.1, -0.05) is 24.3 Å². The maximum atomic E-state index is 13.0. The molecule has 1 aromatic carbocycles. The number of fused-ring (bicyclic) bond motifs is 2. The molecule has 35 heavy (non-hydrogen) atoms. The van der Waals surface area contributed by atoms with Gasteiger partial charge in [0.25, 0.3) is 0 Å². The monoisotopic (exact) mass is 488 g/mol. The first-order chi connectivity index (χ1) is 16.8. The number of amides is 3. The summed E-state index contributed by atoms with van der Waals surface area (Å²) in [6.45, 7) is 5.18. The van der Waals surface area contributed by atoms with Crippen molar-refractivity contribution in [1.29, 1.82) is 0 Å². The highest BCUT2D eigenvalue weighted by Crippen LogP contribution is 2.24. The smallest absolute Gasteiger partial charge is 0.321 e. The molecule has 0 unspecified atom stereocenters. The summed E-state index contributed by atoms with van der Waals surface area (Å²) in [6.07, 6.45) is 2.39. The molecule has 2 N–H and O–H groups in total. The van der Waals surface area contributed by atoms with E-state index in [-0.39, 0.29) is 43.7 Å². The maximum absolute atomic E-state index is 13.0. The van der Waals surface area contributed by atoms with Crippen molar-refractivity contribution in [2.24, 2.45) is 5.92 Å². The molecule has 3 amide bonds. The number of aliphatic hydroxyl groups excluding tert-OH is 1. The number of carbonyl (C=O) groups is 2. The largest absolute Gasteiger partial charge is 0.495 e. The molecule has 1 aromatic heterocycles. The number of para-hydroxylation sites is 2. The highest BCUT2D eigenvalue weighted by molar-refractivity contribution is 5.90. The first-order valence-corrected chi connectivity index (χ1v) is 11.9. The van der Waals surface area contributed by atoms with E-state index in [0.717, 1.165) is 0 Å². The molecule has 3 atom stereocenters. The van der Waals surface area contributed by atoms with Crippen LogP contribution in [-0.4, -0.2) is 87.8 Å². The number of ether oxygens (including phenoxy) is 2. The molecular formula is C24H36N6O5. The van der Waals surface area contributed by atoms with Gasteiger partial charge in [-0.2, -0.15) is 0 Å². The Kier molecular flexibility index (Phi) is 9.44.